The topological polar surface area (TPSA) is 34.3 Å². The molecule has 1 aliphatic rings. The Morgan fingerprint density at radius 1 is 0.609 bits per heavy atom. The Morgan fingerprint density at radius 2 is 1.04 bits per heavy atom. The van der Waals surface area contributed by atoms with Gasteiger partial charge in [-0.15, -0.1) is 0 Å². The Hall–Kier alpha value is -2.06. The molecule has 0 aromatic heterocycles. The predicted octanol–water partition coefficient (Wildman–Crippen LogP) is 2.53. The second-order valence-electron chi connectivity index (χ2n) is 5.11. The first-order valence-corrected chi connectivity index (χ1v) is 10.2. The van der Waals surface area contributed by atoms with Gasteiger partial charge in [0.2, 0.25) is 0 Å². The first-order valence-electron chi connectivity index (χ1n) is 7.39. The van der Waals surface area contributed by atoms with E-state index in [2.05, 4.69) is 24.3 Å². The van der Waals surface area contributed by atoms with E-state index in [1.54, 1.807) is 0 Å². The quantitative estimate of drug-likeness (QED) is 0.395. The number of hydrogen-bond acceptors (Lipinski definition) is 3. The van der Waals surface area contributed by atoms with E-state index in [0.717, 1.165) is 5.75 Å². The van der Waals surface area contributed by atoms with Crippen LogP contribution in [0.3, 0.4) is 0 Å². The molecule has 1 saturated heterocycles. The van der Waals surface area contributed by atoms with Crippen LogP contribution in [-0.4, -0.2) is 19.4 Å². The summed E-state index contributed by atoms with van der Waals surface area (Å²) in [5.41, 5.74) is 0. The SMILES string of the molecule is c1ccc(OC2([As](c3ccccc3)c3ccccc3)OO2)cc1. The minimum absolute atomic E-state index is 0.747. The fraction of sp³-hybridized carbons (Fsp3) is 0.0526. The van der Waals surface area contributed by atoms with Gasteiger partial charge in [0.1, 0.15) is 0 Å². The molecular weight excluding hydrogens is 351 g/mol. The van der Waals surface area contributed by atoms with Crippen LogP contribution in [0.1, 0.15) is 0 Å². The van der Waals surface area contributed by atoms with Crippen molar-refractivity contribution in [3.8, 4) is 5.75 Å². The Kier molecular flexibility index (Phi) is 3.92. The fourth-order valence-electron chi connectivity index (χ4n) is 2.45. The van der Waals surface area contributed by atoms with Crippen LogP contribution in [0.4, 0.5) is 0 Å². The molecule has 0 aliphatic carbocycles. The molecule has 0 unspecified atom stereocenters. The van der Waals surface area contributed by atoms with E-state index >= 15 is 0 Å². The van der Waals surface area contributed by atoms with Gasteiger partial charge in [0, 0.05) is 0 Å². The molecule has 1 aliphatic heterocycles. The van der Waals surface area contributed by atoms with E-state index in [9.17, 15) is 0 Å². The van der Waals surface area contributed by atoms with Crippen molar-refractivity contribution in [2.45, 2.75) is 4.76 Å². The molecule has 4 heteroatoms. The van der Waals surface area contributed by atoms with Crippen LogP contribution >= 0.6 is 0 Å². The second kappa shape index (κ2) is 6.21. The first kappa shape index (κ1) is 14.5. The maximum absolute atomic E-state index is 6.10. The van der Waals surface area contributed by atoms with E-state index < -0.39 is 19.4 Å². The van der Waals surface area contributed by atoms with Gasteiger partial charge in [-0.1, -0.05) is 0 Å². The first-order chi connectivity index (χ1) is 11.4. The summed E-state index contributed by atoms with van der Waals surface area (Å²) < 4.78 is 7.57. The van der Waals surface area contributed by atoms with Gasteiger partial charge in [0.15, 0.2) is 0 Å². The molecule has 3 aromatic rings. The molecule has 3 aromatic carbocycles. The zero-order chi connectivity index (χ0) is 15.5. The van der Waals surface area contributed by atoms with Crippen LogP contribution in [0, 0.1) is 0 Å². The minimum atomic E-state index is -1.97. The van der Waals surface area contributed by atoms with Crippen molar-refractivity contribution in [2.24, 2.45) is 0 Å². The average Bonchev–Trinajstić information content (AvgIpc) is 3.38. The van der Waals surface area contributed by atoms with E-state index in [1.807, 2.05) is 66.7 Å². The number of hydrogen-bond donors (Lipinski definition) is 0. The number of ether oxygens (including phenoxy) is 1. The van der Waals surface area contributed by atoms with Crippen molar-refractivity contribution in [1.82, 2.24) is 0 Å². The molecule has 0 spiro atoms. The molecule has 0 amide bonds. The molecule has 1 fully saturated rings. The Morgan fingerprint density at radius 3 is 1.48 bits per heavy atom. The van der Waals surface area contributed by atoms with Crippen LogP contribution in [-0.2, 0) is 9.78 Å². The fourth-order valence-corrected chi connectivity index (χ4v) is 7.18. The van der Waals surface area contributed by atoms with Gasteiger partial charge in [0.05, 0.1) is 0 Å². The van der Waals surface area contributed by atoms with Crippen molar-refractivity contribution in [3.05, 3.63) is 91.0 Å². The van der Waals surface area contributed by atoms with Gasteiger partial charge in [-0.2, -0.15) is 0 Å². The summed E-state index contributed by atoms with van der Waals surface area (Å²) in [5, 5.41) is 0. The van der Waals surface area contributed by atoms with E-state index in [-0.39, 0.29) is 0 Å². The van der Waals surface area contributed by atoms with E-state index in [0.29, 0.717) is 0 Å². The van der Waals surface area contributed by atoms with Crippen molar-refractivity contribution >= 4 is 23.4 Å². The van der Waals surface area contributed by atoms with Crippen LogP contribution in [0.5, 0.6) is 5.75 Å². The zero-order valence-electron chi connectivity index (χ0n) is 12.3. The van der Waals surface area contributed by atoms with Crippen LogP contribution in [0.2, 0.25) is 0 Å². The Labute approximate surface area is 139 Å². The van der Waals surface area contributed by atoms with Gasteiger partial charge in [0.25, 0.3) is 0 Å². The molecule has 0 atom stereocenters. The molecule has 114 valence electrons. The third-order valence-electron chi connectivity index (χ3n) is 3.52. The van der Waals surface area contributed by atoms with E-state index in [4.69, 9.17) is 14.5 Å². The van der Waals surface area contributed by atoms with Gasteiger partial charge in [-0.3, -0.25) is 0 Å². The summed E-state index contributed by atoms with van der Waals surface area (Å²) >= 11 is -1.97. The summed E-state index contributed by atoms with van der Waals surface area (Å²) in [6, 6.07) is 30.3. The van der Waals surface area contributed by atoms with Crippen LogP contribution in [0.15, 0.2) is 91.0 Å². The summed E-state index contributed by atoms with van der Waals surface area (Å²) in [5.74, 6) is 0.747. The third-order valence-corrected chi connectivity index (χ3v) is 8.59. The van der Waals surface area contributed by atoms with E-state index in [1.165, 1.54) is 8.70 Å². The molecule has 23 heavy (non-hydrogen) atoms. The van der Waals surface area contributed by atoms with Crippen molar-refractivity contribution in [1.29, 1.82) is 0 Å². The Balaban J connectivity index is 1.74. The molecule has 0 radical (unpaired) electrons. The number of benzene rings is 3. The normalized spacial score (nSPS) is 15.3. The maximum atomic E-state index is 6.10. The standard InChI is InChI=1S/C19H15AsO3/c1-4-10-16(11-5-1)20(17-12-6-2-7-13-17)19(22-23-19)21-18-14-8-3-9-15-18/h1-15H. The number of rotatable bonds is 5. The van der Waals surface area contributed by atoms with Crippen molar-refractivity contribution in [3.63, 3.8) is 0 Å². The third kappa shape index (κ3) is 3.04. The summed E-state index contributed by atoms with van der Waals surface area (Å²) in [4.78, 5) is 10.8. The second-order valence-corrected chi connectivity index (χ2v) is 9.84. The van der Waals surface area contributed by atoms with Crippen molar-refractivity contribution < 1.29 is 14.5 Å². The van der Waals surface area contributed by atoms with Crippen LogP contribution < -0.4 is 13.4 Å². The molecule has 1 heterocycles. The molecule has 0 saturated carbocycles. The predicted molar refractivity (Wildman–Crippen MR) is 89.9 cm³/mol. The van der Waals surface area contributed by atoms with Gasteiger partial charge in [-0.05, 0) is 0 Å². The molecule has 4 rings (SSSR count). The zero-order valence-corrected chi connectivity index (χ0v) is 14.2. The van der Waals surface area contributed by atoms with Gasteiger partial charge in [-0.25, -0.2) is 0 Å². The molecular formula is C19H15AsO3. The number of para-hydroxylation sites is 1. The van der Waals surface area contributed by atoms with Crippen molar-refractivity contribution in [2.75, 3.05) is 0 Å². The monoisotopic (exact) mass is 366 g/mol. The van der Waals surface area contributed by atoms with Crippen LogP contribution in [0.25, 0.3) is 0 Å². The summed E-state index contributed by atoms with van der Waals surface area (Å²) in [6.07, 6.45) is 0. The van der Waals surface area contributed by atoms with Gasteiger partial charge < -0.3 is 0 Å². The molecule has 3 nitrogen and oxygen atoms in total. The molecule has 0 N–H and O–H groups in total. The average molecular weight is 366 g/mol. The Bertz CT molecular complexity index is 719. The summed E-state index contributed by atoms with van der Waals surface area (Å²) in [6.45, 7) is 0. The molecule has 0 bridgehead atoms. The summed E-state index contributed by atoms with van der Waals surface area (Å²) in [7, 11) is 0. The van der Waals surface area contributed by atoms with Gasteiger partial charge >= 0.3 is 139 Å².